The third-order valence-corrected chi connectivity index (χ3v) is 3.63. The van der Waals surface area contributed by atoms with Crippen molar-refractivity contribution in [3.8, 4) is 5.75 Å². The minimum Gasteiger partial charge on any atom is -0.488 e. The summed E-state index contributed by atoms with van der Waals surface area (Å²) in [5.41, 5.74) is -0.141. The minimum absolute atomic E-state index is 0.107. The van der Waals surface area contributed by atoms with E-state index in [0.717, 1.165) is 0 Å². The lowest BCUT2D eigenvalue weighted by Gasteiger charge is -2.26. The molecule has 8 nitrogen and oxygen atoms in total. The number of carbonyl (C=O) groups excluding carboxylic acids is 2. The van der Waals surface area contributed by atoms with Crippen LogP contribution in [0.25, 0.3) is 0 Å². The number of nitrogens with zero attached hydrogens (tertiary/aromatic N) is 1. The number of ether oxygens (including phenoxy) is 2. The summed E-state index contributed by atoms with van der Waals surface area (Å²) in [5.74, 6) is -0.824. The summed E-state index contributed by atoms with van der Waals surface area (Å²) >= 11 is 0. The number of likely N-dealkylation sites (tertiary alicyclic amines) is 1. The van der Waals surface area contributed by atoms with Crippen LogP contribution in [0.5, 0.6) is 5.75 Å². The predicted molar refractivity (Wildman–Crippen MR) is 94.1 cm³/mol. The second kappa shape index (κ2) is 7.63. The first kappa shape index (κ1) is 19.6. The largest absolute Gasteiger partial charge is 0.488 e. The molecule has 142 valence electrons. The van der Waals surface area contributed by atoms with Crippen LogP contribution in [0.4, 0.5) is 10.5 Å². The van der Waals surface area contributed by atoms with Crippen LogP contribution in [0, 0.1) is 0 Å². The van der Waals surface area contributed by atoms with Crippen molar-refractivity contribution in [3.63, 3.8) is 0 Å². The second-order valence-electron chi connectivity index (χ2n) is 7.17. The van der Waals surface area contributed by atoms with Crippen molar-refractivity contribution in [3.05, 3.63) is 24.3 Å². The van der Waals surface area contributed by atoms with Crippen LogP contribution < -0.4 is 10.1 Å². The van der Waals surface area contributed by atoms with Crippen LogP contribution in [0.1, 0.15) is 34.1 Å². The number of carbonyl (C=O) groups is 3. The molecule has 26 heavy (non-hydrogen) atoms. The zero-order valence-electron chi connectivity index (χ0n) is 15.3. The van der Waals surface area contributed by atoms with E-state index < -0.39 is 29.8 Å². The van der Waals surface area contributed by atoms with Gasteiger partial charge in [-0.25, -0.2) is 9.59 Å². The molecule has 0 radical (unpaired) electrons. The smallest absolute Gasteiger partial charge is 0.411 e. The summed E-state index contributed by atoms with van der Waals surface area (Å²) in [5, 5.41) is 12.1. The van der Waals surface area contributed by atoms with E-state index in [1.54, 1.807) is 45.0 Å². The van der Waals surface area contributed by atoms with Crippen LogP contribution >= 0.6 is 0 Å². The van der Waals surface area contributed by atoms with Gasteiger partial charge < -0.3 is 19.9 Å². The molecule has 2 unspecified atom stereocenters. The SMILES string of the molecule is CC(=O)Nc1cccc(OC2CC(C(=O)O)N(C(=O)OC(C)(C)C)C2)c1. The maximum atomic E-state index is 12.3. The molecule has 1 aliphatic rings. The number of hydrogen-bond donors (Lipinski definition) is 2. The van der Waals surface area contributed by atoms with Crippen LogP contribution in [0.3, 0.4) is 0 Å². The quantitative estimate of drug-likeness (QED) is 0.850. The number of carboxylic acids is 1. The van der Waals surface area contributed by atoms with E-state index in [4.69, 9.17) is 9.47 Å². The molecular weight excluding hydrogens is 340 g/mol. The number of hydrogen-bond acceptors (Lipinski definition) is 5. The lowest BCUT2D eigenvalue weighted by atomic mass is 10.2. The lowest BCUT2D eigenvalue weighted by molar-refractivity contribution is -0.142. The summed E-state index contributed by atoms with van der Waals surface area (Å²) in [6, 6.07) is 5.78. The molecule has 0 aliphatic carbocycles. The van der Waals surface area contributed by atoms with Crippen molar-refractivity contribution in [2.24, 2.45) is 0 Å². The Balaban J connectivity index is 2.08. The van der Waals surface area contributed by atoms with Crippen LogP contribution in [-0.2, 0) is 14.3 Å². The van der Waals surface area contributed by atoms with Gasteiger partial charge in [-0.3, -0.25) is 9.69 Å². The highest BCUT2D eigenvalue weighted by atomic mass is 16.6. The summed E-state index contributed by atoms with van der Waals surface area (Å²) in [7, 11) is 0. The van der Waals surface area contributed by atoms with Crippen molar-refractivity contribution >= 4 is 23.7 Å². The van der Waals surface area contributed by atoms with E-state index in [9.17, 15) is 19.5 Å². The van der Waals surface area contributed by atoms with E-state index in [1.165, 1.54) is 11.8 Å². The standard InChI is InChI=1S/C18H24N2O6/c1-11(21)19-12-6-5-7-13(8-12)25-14-9-15(16(22)23)20(10-14)17(24)26-18(2,3)4/h5-8,14-15H,9-10H2,1-4H3,(H,19,21)(H,22,23). The van der Waals surface area contributed by atoms with Crippen molar-refractivity contribution < 1.29 is 29.0 Å². The number of carboxylic acid groups (broad SMARTS) is 1. The number of nitrogens with one attached hydrogen (secondary N) is 1. The summed E-state index contributed by atoms with van der Waals surface area (Å²) in [4.78, 5) is 36.1. The van der Waals surface area contributed by atoms with E-state index >= 15 is 0 Å². The van der Waals surface area contributed by atoms with Crippen molar-refractivity contribution in [2.75, 3.05) is 11.9 Å². The van der Waals surface area contributed by atoms with Gasteiger partial charge in [0.15, 0.2) is 0 Å². The minimum atomic E-state index is -1.10. The molecule has 2 N–H and O–H groups in total. The van der Waals surface area contributed by atoms with Gasteiger partial charge in [-0.15, -0.1) is 0 Å². The third kappa shape index (κ3) is 5.37. The van der Waals surface area contributed by atoms with Crippen LogP contribution in [0.2, 0.25) is 0 Å². The second-order valence-corrected chi connectivity index (χ2v) is 7.17. The summed E-state index contributed by atoms with van der Waals surface area (Å²) in [6.45, 7) is 6.67. The molecule has 2 atom stereocenters. The van der Waals surface area contributed by atoms with E-state index in [2.05, 4.69) is 5.32 Å². The fourth-order valence-electron chi connectivity index (χ4n) is 2.68. The Morgan fingerprint density at radius 1 is 1.27 bits per heavy atom. The molecule has 0 spiro atoms. The van der Waals surface area contributed by atoms with Gasteiger partial charge in [-0.1, -0.05) is 6.07 Å². The van der Waals surface area contributed by atoms with Gasteiger partial charge in [0.2, 0.25) is 5.91 Å². The van der Waals surface area contributed by atoms with Gasteiger partial charge in [0.05, 0.1) is 6.54 Å². The Morgan fingerprint density at radius 2 is 1.96 bits per heavy atom. The third-order valence-electron chi connectivity index (χ3n) is 3.63. The van der Waals surface area contributed by atoms with E-state index in [-0.39, 0.29) is 18.9 Å². The average Bonchev–Trinajstić information content (AvgIpc) is 2.89. The van der Waals surface area contributed by atoms with Crippen molar-refractivity contribution in [2.45, 2.75) is 51.9 Å². The molecule has 1 fully saturated rings. The molecule has 1 heterocycles. The maximum absolute atomic E-state index is 12.3. The maximum Gasteiger partial charge on any atom is 0.411 e. The first-order valence-corrected chi connectivity index (χ1v) is 8.32. The van der Waals surface area contributed by atoms with Gasteiger partial charge in [-0.05, 0) is 32.9 Å². The predicted octanol–water partition coefficient (Wildman–Crippen LogP) is 2.49. The molecule has 1 aliphatic heterocycles. The fraction of sp³-hybridized carbons (Fsp3) is 0.500. The van der Waals surface area contributed by atoms with Gasteiger partial charge in [0.1, 0.15) is 23.5 Å². The first-order valence-electron chi connectivity index (χ1n) is 8.32. The topological polar surface area (TPSA) is 105 Å². The number of aliphatic carboxylic acids is 1. The molecule has 8 heteroatoms. The Bertz CT molecular complexity index is 697. The average molecular weight is 364 g/mol. The molecule has 0 saturated carbocycles. The first-order chi connectivity index (χ1) is 12.0. The molecule has 1 aromatic rings. The zero-order valence-corrected chi connectivity index (χ0v) is 15.3. The molecule has 1 saturated heterocycles. The number of benzene rings is 1. The van der Waals surface area contributed by atoms with Crippen molar-refractivity contribution in [1.29, 1.82) is 0 Å². The Labute approximate surface area is 152 Å². The Kier molecular flexibility index (Phi) is 5.74. The fourth-order valence-corrected chi connectivity index (χ4v) is 2.68. The summed E-state index contributed by atoms with van der Waals surface area (Å²) in [6.07, 6.45) is -1.02. The van der Waals surface area contributed by atoms with Gasteiger partial charge in [-0.2, -0.15) is 0 Å². The molecule has 1 aromatic carbocycles. The van der Waals surface area contributed by atoms with Crippen LogP contribution in [0.15, 0.2) is 24.3 Å². The highest BCUT2D eigenvalue weighted by Crippen LogP contribution is 2.26. The van der Waals surface area contributed by atoms with Crippen LogP contribution in [-0.4, -0.2) is 52.3 Å². The number of rotatable bonds is 4. The van der Waals surface area contributed by atoms with E-state index in [1.807, 2.05) is 0 Å². The Hall–Kier alpha value is -2.77. The monoisotopic (exact) mass is 364 g/mol. The number of amides is 2. The van der Waals surface area contributed by atoms with Gasteiger partial charge in [0.25, 0.3) is 0 Å². The zero-order chi connectivity index (χ0) is 19.5. The van der Waals surface area contributed by atoms with Gasteiger partial charge >= 0.3 is 12.1 Å². The molecule has 2 amide bonds. The highest BCUT2D eigenvalue weighted by molar-refractivity contribution is 5.88. The highest BCUT2D eigenvalue weighted by Gasteiger charge is 2.42. The van der Waals surface area contributed by atoms with Gasteiger partial charge in [0, 0.05) is 25.1 Å². The lowest BCUT2D eigenvalue weighted by Crippen LogP contribution is -2.43. The molecule has 0 aromatic heterocycles. The molecule has 0 bridgehead atoms. The molecule has 2 rings (SSSR count). The Morgan fingerprint density at radius 3 is 2.54 bits per heavy atom. The molecular formula is C18H24N2O6. The van der Waals surface area contributed by atoms with E-state index in [0.29, 0.717) is 11.4 Å². The normalized spacial score (nSPS) is 19.8. The number of anilines is 1. The summed E-state index contributed by atoms with van der Waals surface area (Å²) < 4.78 is 11.1. The van der Waals surface area contributed by atoms with Crippen molar-refractivity contribution in [1.82, 2.24) is 4.90 Å².